The van der Waals surface area contributed by atoms with Crippen LogP contribution in [-0.4, -0.2) is 218 Å². The molecular formula is C96H140N18O20S2. The zero-order valence-corrected chi connectivity index (χ0v) is 81.6. The second kappa shape index (κ2) is 53.6. The van der Waals surface area contributed by atoms with Gasteiger partial charge in [-0.2, -0.15) is 0 Å². The molecule has 0 radical (unpaired) electrons. The van der Waals surface area contributed by atoms with Gasteiger partial charge in [0, 0.05) is 110 Å². The molecule has 40 heteroatoms. The van der Waals surface area contributed by atoms with E-state index in [2.05, 4.69) is 63.5 Å². The largest absolute Gasteiger partial charge is 0.492 e. The minimum absolute atomic E-state index is 0.0519. The molecule has 15 amide bonds. The number of aromatic nitrogens is 1. The van der Waals surface area contributed by atoms with E-state index >= 15 is 33.6 Å². The first-order valence-corrected chi connectivity index (χ1v) is 48.3. The number of primary amides is 4. The maximum Gasteiger partial charge on any atom is 0.312 e. The van der Waals surface area contributed by atoms with Gasteiger partial charge in [0.25, 0.3) is 0 Å². The number of amides is 15. The first kappa shape index (κ1) is 113. The van der Waals surface area contributed by atoms with Crippen LogP contribution in [0.4, 0.5) is 4.79 Å². The van der Waals surface area contributed by atoms with Crippen molar-refractivity contribution in [3.63, 3.8) is 0 Å². The number of H-pyrrole nitrogens is 1. The third kappa shape index (κ3) is 35.7. The zero-order valence-electron chi connectivity index (χ0n) is 80.0. The molecular weight excluding hydrogens is 1790 g/mol. The molecule has 38 nitrogen and oxygen atoms in total. The number of para-hydroxylation sites is 1. The molecule has 746 valence electrons. The Morgan fingerprint density at radius 1 is 0.581 bits per heavy atom. The van der Waals surface area contributed by atoms with E-state index in [4.69, 9.17) is 39.1 Å². The van der Waals surface area contributed by atoms with Crippen molar-refractivity contribution in [3.8, 4) is 5.75 Å². The Balaban J connectivity index is 1.52. The lowest BCUT2D eigenvalue weighted by Gasteiger charge is -2.39. The maximum atomic E-state index is 16.5. The number of aliphatic hydroxyl groups excluding tert-OH is 1. The lowest BCUT2D eigenvalue weighted by Crippen LogP contribution is -2.63. The van der Waals surface area contributed by atoms with E-state index in [1.54, 1.807) is 62.5 Å². The summed E-state index contributed by atoms with van der Waals surface area (Å²) in [5.74, 6) is -18.4. The molecule has 1 aliphatic heterocycles. The number of unbranched alkanes of at least 4 members (excludes halogenated alkanes) is 4. The van der Waals surface area contributed by atoms with Gasteiger partial charge in [0.15, 0.2) is 23.1 Å². The average Bonchev–Trinajstić information content (AvgIpc) is 1.47. The highest BCUT2D eigenvalue weighted by atomic mass is 33.1. The fourth-order valence-corrected chi connectivity index (χ4v) is 19.0. The summed E-state index contributed by atoms with van der Waals surface area (Å²) in [7, 11) is 1.85. The number of urea groups is 1. The molecule has 136 heavy (non-hydrogen) atoms. The monoisotopic (exact) mass is 1930 g/mol. The Labute approximate surface area is 801 Å². The van der Waals surface area contributed by atoms with E-state index < -0.39 is 225 Å². The van der Waals surface area contributed by atoms with Gasteiger partial charge in [-0.25, -0.2) is 4.79 Å². The first-order valence-electron chi connectivity index (χ1n) is 46.2. The Bertz CT molecular complexity index is 5060. The number of aromatic amines is 1. The SMILES string of the molecule is CCCCC[C@@H](CC(=O)C(C)(C)NC(=O)[C@H](CC(N)=O)CC(=O)[C@H](CCCCNC(C)=O)NC(=O)[C@](C)(CCCCN)CC(=O)[C@H](Cc1ccc2ccccc2c1)NC(=O)[C@@H](CC(=O)[C@H]1NC(=O)[C@H](CCCNC(N)=O)NC(=O)[C@H](Cc2c[nH]c3c(C)cccc23)NC(=O)[C@H]([C@@H](C)O)NC(=O)[C@H](CC(N)=O)NC(=O)[C@@H](NC(C)=O)C(C)(C)SSC1(C)C)Cc1ccc(OCCN)cc1)C(N)=O. The number of aryl methyl sites for hydroxylation is 1. The smallest absolute Gasteiger partial charge is 0.312 e. The molecule has 4 aromatic carbocycles. The van der Waals surface area contributed by atoms with Gasteiger partial charge in [-0.05, 0) is 171 Å². The number of hydrogen-bond donors (Lipinski definition) is 19. The molecule has 1 aromatic heterocycles. The van der Waals surface area contributed by atoms with E-state index in [0.717, 1.165) is 64.6 Å². The summed E-state index contributed by atoms with van der Waals surface area (Å²) in [6.07, 6.45) is -1.96. The van der Waals surface area contributed by atoms with Gasteiger partial charge < -0.3 is 108 Å². The zero-order chi connectivity index (χ0) is 101. The summed E-state index contributed by atoms with van der Waals surface area (Å²) >= 11 is 0. The van der Waals surface area contributed by atoms with Crippen molar-refractivity contribution in [1.82, 2.24) is 63.5 Å². The highest BCUT2D eigenvalue weighted by Gasteiger charge is 2.48. The molecule has 13 atom stereocenters. The number of rotatable bonds is 51. The molecule has 1 fully saturated rings. The Morgan fingerprint density at radius 2 is 1.22 bits per heavy atom. The van der Waals surface area contributed by atoms with Crippen molar-refractivity contribution < 1.29 is 96.1 Å². The van der Waals surface area contributed by atoms with Gasteiger partial charge in [-0.15, -0.1) is 0 Å². The van der Waals surface area contributed by atoms with Crippen molar-refractivity contribution >= 4 is 149 Å². The van der Waals surface area contributed by atoms with Gasteiger partial charge >= 0.3 is 6.03 Å². The van der Waals surface area contributed by atoms with Crippen LogP contribution in [0, 0.1) is 30.1 Å². The van der Waals surface area contributed by atoms with Crippen LogP contribution in [0.25, 0.3) is 21.7 Å². The molecule has 0 saturated carbocycles. The molecule has 0 bridgehead atoms. The second-order valence-electron chi connectivity index (χ2n) is 37.1. The summed E-state index contributed by atoms with van der Waals surface area (Å²) in [6.45, 7) is 18.3. The number of Topliss-reactive ketones (excluding diaryl/α,β-unsaturated/α-hetero) is 4. The minimum atomic E-state index is -1.94. The lowest BCUT2D eigenvalue weighted by molar-refractivity contribution is -0.140. The number of nitrogens with one attached hydrogen (secondary N) is 12. The number of carbonyl (C=O) groups excluding carboxylic acids is 18. The van der Waals surface area contributed by atoms with Crippen LogP contribution in [0.1, 0.15) is 214 Å². The number of aliphatic hydroxyl groups is 1. The first-order chi connectivity index (χ1) is 64.0. The van der Waals surface area contributed by atoms with Crippen LogP contribution in [0.5, 0.6) is 5.75 Å². The van der Waals surface area contributed by atoms with Crippen molar-refractivity contribution in [2.45, 2.75) is 287 Å². The molecule has 5 aromatic rings. The molecule has 1 aliphatic rings. The number of hydrogen-bond acceptors (Lipinski definition) is 24. The molecule has 6 rings (SSSR count). The number of benzene rings is 4. The number of fused-ring (bicyclic) bond motifs is 2. The maximum absolute atomic E-state index is 16.5. The van der Waals surface area contributed by atoms with Crippen molar-refractivity contribution in [1.29, 1.82) is 0 Å². The van der Waals surface area contributed by atoms with Crippen molar-refractivity contribution in [2.24, 2.45) is 57.6 Å². The fraction of sp³-hybridized carbons (Fsp3) is 0.562. The number of nitrogens with two attached hydrogens (primary N) is 6. The molecule has 2 heterocycles. The van der Waals surface area contributed by atoms with Crippen molar-refractivity contribution in [2.75, 3.05) is 32.8 Å². The van der Waals surface area contributed by atoms with Crippen LogP contribution < -0.4 is 97.6 Å². The normalized spacial score (nSPS) is 19.1. The Morgan fingerprint density at radius 3 is 1.85 bits per heavy atom. The lowest BCUT2D eigenvalue weighted by atomic mass is 9.77. The van der Waals surface area contributed by atoms with Gasteiger partial charge in [-0.1, -0.05) is 134 Å². The number of carbonyl (C=O) groups is 18. The Kier molecular flexibility index (Phi) is 44.5. The standard InChI is InChI=1S/C96H140N18O20S2/c1-13-14-15-27-62(83(101)124)49-76(121)93(6,7)114-85(126)64(50-77(99)122)47-73(118)68(29-18-21-40-103-56(4)116)111-91(132)96(12,37-19-20-38-97)52-75(120)70(45-59-31-34-60-25-16-17-26-61(60)44-59)108-84(125)63(43-58-32-35-66(36-33-58)134-42-39-98)48-74(119)81-94(8,9)135-136-95(10,11)82(106-57(5)117)90(131)110-72(51-78(100)123)88(129)112-80(55(3)115)89(130)109-71(46-65-53-105-79-54(2)24-22-28-67(65)79)87(128)107-69(86(127)113-81)30-23-41-104-92(102)133/h16-17,22,24-26,28,31-36,44,53,55,62-64,68-72,80-82,105,115H,13-15,18-21,23,27,29-30,37-43,45-52,97-98H2,1-12H3,(H2,99,122)(H2,100,123)(H2,101,124)(H,103,116)(H,106,117)(H,107,128)(H,108,125)(H,109,130)(H,110,131)(H,111,132)(H,112,129)(H,113,127)(H,114,126)(H3,102,104,133)/t55-,62+,63-,64+,68+,69+,70+,71+,72+,80+,81-,82-,96-/m1/s1. The highest BCUT2D eigenvalue weighted by molar-refractivity contribution is 8.77. The highest BCUT2D eigenvalue weighted by Crippen LogP contribution is 2.47. The Hall–Kier alpha value is -11.9. The van der Waals surface area contributed by atoms with E-state index in [1.807, 2.05) is 56.3 Å². The summed E-state index contributed by atoms with van der Waals surface area (Å²) in [4.78, 5) is 263. The summed E-state index contributed by atoms with van der Waals surface area (Å²) in [6, 6.07) is 10.1. The predicted molar refractivity (Wildman–Crippen MR) is 518 cm³/mol. The topological polar surface area (TPSA) is 641 Å². The third-order valence-electron chi connectivity index (χ3n) is 24.1. The molecule has 0 spiro atoms. The second-order valence-corrected chi connectivity index (χ2v) is 40.5. The summed E-state index contributed by atoms with van der Waals surface area (Å²) in [5.41, 5.74) is 34.0. The van der Waals surface area contributed by atoms with E-state index in [-0.39, 0.29) is 109 Å². The van der Waals surface area contributed by atoms with Crippen LogP contribution in [-0.2, 0) is 101 Å². The van der Waals surface area contributed by atoms with Gasteiger partial charge in [0.1, 0.15) is 48.6 Å². The van der Waals surface area contributed by atoms with Crippen LogP contribution >= 0.6 is 21.6 Å². The van der Waals surface area contributed by atoms with E-state index in [9.17, 15) is 57.8 Å². The van der Waals surface area contributed by atoms with E-state index in [1.165, 1.54) is 41.5 Å². The quantitative estimate of drug-likeness (QED) is 0.0196. The molecule has 0 unspecified atom stereocenters. The van der Waals surface area contributed by atoms with Crippen molar-refractivity contribution in [3.05, 3.63) is 113 Å². The summed E-state index contributed by atoms with van der Waals surface area (Å²) in [5, 5.41) is 42.9. The van der Waals surface area contributed by atoms with Crippen LogP contribution in [0.2, 0.25) is 0 Å². The molecule has 25 N–H and O–H groups in total. The predicted octanol–water partition coefficient (Wildman–Crippen LogP) is 3.51. The molecule has 0 aliphatic carbocycles. The van der Waals surface area contributed by atoms with Gasteiger partial charge in [-0.3, -0.25) is 81.5 Å². The van der Waals surface area contributed by atoms with Crippen LogP contribution in [0.15, 0.2) is 91.1 Å². The summed E-state index contributed by atoms with van der Waals surface area (Å²) < 4.78 is 2.65. The average molecular weight is 1930 g/mol. The third-order valence-corrected chi connectivity index (χ3v) is 28.3. The number of ether oxygens (including phenoxy) is 1. The van der Waals surface area contributed by atoms with Gasteiger partial charge in [0.05, 0.1) is 41.5 Å². The minimum Gasteiger partial charge on any atom is -0.492 e. The van der Waals surface area contributed by atoms with Gasteiger partial charge in [0.2, 0.25) is 76.8 Å². The fourth-order valence-electron chi connectivity index (χ4n) is 16.2. The van der Waals surface area contributed by atoms with Crippen LogP contribution in [0.3, 0.4) is 0 Å². The number of ketones is 4. The van der Waals surface area contributed by atoms with E-state index in [0.29, 0.717) is 52.6 Å². The molecule has 1 saturated heterocycles.